The molecule has 0 fully saturated rings. The van der Waals surface area contributed by atoms with E-state index < -0.39 is 0 Å². The molecule has 2 heterocycles. The summed E-state index contributed by atoms with van der Waals surface area (Å²) in [5.74, 6) is -0.596. The molecule has 5 nitrogen and oxygen atoms in total. The summed E-state index contributed by atoms with van der Waals surface area (Å²) in [6, 6.07) is 7.42. The lowest BCUT2D eigenvalue weighted by molar-refractivity contribution is 0.0526. The molecule has 150 valence electrons. The van der Waals surface area contributed by atoms with Gasteiger partial charge in [0.05, 0.1) is 12.2 Å². The van der Waals surface area contributed by atoms with Crippen LogP contribution in [0.15, 0.2) is 24.3 Å². The van der Waals surface area contributed by atoms with E-state index in [0.29, 0.717) is 29.2 Å². The molecule has 0 unspecified atom stereocenters. The number of aryl methyl sites for hydroxylation is 1. The third-order valence-electron chi connectivity index (χ3n) is 4.94. The second-order valence-electron chi connectivity index (χ2n) is 8.41. The molecule has 1 amide bonds. The van der Waals surface area contributed by atoms with Crippen molar-refractivity contribution in [3.8, 4) is 0 Å². The molecule has 1 aliphatic rings. The van der Waals surface area contributed by atoms with E-state index in [9.17, 15) is 9.59 Å². The summed E-state index contributed by atoms with van der Waals surface area (Å²) in [6.07, 6.45) is 0.691. The van der Waals surface area contributed by atoms with Gasteiger partial charge in [-0.2, -0.15) is 0 Å². The SMILES string of the molecule is CCOC(=O)c1c(NC(=O)c2ccccc2C)sc2c1CC(C)(C)NC2(C)C. The van der Waals surface area contributed by atoms with E-state index in [-0.39, 0.29) is 23.0 Å². The number of carbonyl (C=O) groups is 2. The molecule has 28 heavy (non-hydrogen) atoms. The minimum absolute atomic E-state index is 0.171. The van der Waals surface area contributed by atoms with Crippen molar-refractivity contribution in [1.82, 2.24) is 5.32 Å². The maximum atomic E-state index is 12.9. The van der Waals surface area contributed by atoms with E-state index in [2.05, 4.69) is 38.3 Å². The highest BCUT2D eigenvalue weighted by Crippen LogP contribution is 2.45. The summed E-state index contributed by atoms with van der Waals surface area (Å²) in [7, 11) is 0. The van der Waals surface area contributed by atoms with Gasteiger partial charge in [-0.05, 0) is 65.2 Å². The molecule has 1 aromatic heterocycles. The number of anilines is 1. The van der Waals surface area contributed by atoms with Gasteiger partial charge in [-0.3, -0.25) is 4.79 Å². The number of rotatable bonds is 4. The van der Waals surface area contributed by atoms with Crippen molar-refractivity contribution in [2.24, 2.45) is 0 Å². The maximum Gasteiger partial charge on any atom is 0.341 e. The fourth-order valence-corrected chi connectivity index (χ4v) is 5.29. The fraction of sp³-hybridized carbons (Fsp3) is 0.455. The second kappa shape index (κ2) is 7.33. The van der Waals surface area contributed by atoms with Crippen molar-refractivity contribution >= 4 is 28.2 Å². The quantitative estimate of drug-likeness (QED) is 0.734. The summed E-state index contributed by atoms with van der Waals surface area (Å²) in [4.78, 5) is 26.8. The van der Waals surface area contributed by atoms with Gasteiger partial charge in [-0.15, -0.1) is 11.3 Å². The predicted molar refractivity (Wildman–Crippen MR) is 113 cm³/mol. The Morgan fingerprint density at radius 3 is 2.54 bits per heavy atom. The normalized spacial score (nSPS) is 16.9. The summed E-state index contributed by atoms with van der Waals surface area (Å²) < 4.78 is 5.34. The zero-order valence-corrected chi connectivity index (χ0v) is 18.2. The van der Waals surface area contributed by atoms with Crippen molar-refractivity contribution in [3.05, 3.63) is 51.4 Å². The van der Waals surface area contributed by atoms with Crippen LogP contribution in [0.3, 0.4) is 0 Å². The van der Waals surface area contributed by atoms with Gasteiger partial charge in [0.25, 0.3) is 5.91 Å². The molecule has 0 radical (unpaired) electrons. The molecule has 0 bridgehead atoms. The Morgan fingerprint density at radius 1 is 1.21 bits per heavy atom. The van der Waals surface area contributed by atoms with Gasteiger partial charge in [0, 0.05) is 21.5 Å². The van der Waals surface area contributed by atoms with Crippen LogP contribution in [0.25, 0.3) is 0 Å². The highest BCUT2D eigenvalue weighted by Gasteiger charge is 2.42. The molecule has 0 atom stereocenters. The molecule has 6 heteroatoms. The Hall–Kier alpha value is -2.18. The molecule has 3 rings (SSSR count). The first-order valence-electron chi connectivity index (χ1n) is 9.55. The van der Waals surface area contributed by atoms with E-state index in [0.717, 1.165) is 16.0 Å². The number of ether oxygens (including phenoxy) is 1. The molecule has 2 aromatic rings. The molecule has 0 spiro atoms. The van der Waals surface area contributed by atoms with Crippen LogP contribution in [0.4, 0.5) is 5.00 Å². The minimum Gasteiger partial charge on any atom is -0.462 e. The molecule has 0 saturated carbocycles. The number of nitrogens with one attached hydrogen (secondary N) is 2. The van der Waals surface area contributed by atoms with Gasteiger partial charge >= 0.3 is 5.97 Å². The van der Waals surface area contributed by atoms with E-state index in [1.807, 2.05) is 25.1 Å². The third kappa shape index (κ3) is 3.84. The number of benzene rings is 1. The lowest BCUT2D eigenvalue weighted by atomic mass is 9.81. The molecule has 2 N–H and O–H groups in total. The van der Waals surface area contributed by atoms with Crippen LogP contribution < -0.4 is 10.6 Å². The van der Waals surface area contributed by atoms with Gasteiger partial charge in [-0.1, -0.05) is 18.2 Å². The number of carbonyl (C=O) groups excluding carboxylic acids is 2. The summed E-state index contributed by atoms with van der Waals surface area (Å²) in [6.45, 7) is 12.4. The molecule has 0 saturated heterocycles. The number of fused-ring (bicyclic) bond motifs is 1. The average Bonchev–Trinajstić information content (AvgIpc) is 2.92. The molecule has 1 aliphatic heterocycles. The molecular formula is C22H28N2O3S. The first kappa shape index (κ1) is 20.6. The van der Waals surface area contributed by atoms with Crippen molar-refractivity contribution in [2.75, 3.05) is 11.9 Å². The van der Waals surface area contributed by atoms with Crippen LogP contribution in [-0.4, -0.2) is 24.0 Å². The second-order valence-corrected chi connectivity index (χ2v) is 9.43. The highest BCUT2D eigenvalue weighted by molar-refractivity contribution is 7.17. The van der Waals surface area contributed by atoms with E-state index in [4.69, 9.17) is 4.74 Å². The van der Waals surface area contributed by atoms with Crippen molar-refractivity contribution < 1.29 is 14.3 Å². The van der Waals surface area contributed by atoms with E-state index >= 15 is 0 Å². The molecular weight excluding hydrogens is 372 g/mol. The number of amides is 1. The molecule has 1 aromatic carbocycles. The number of thiophene rings is 1. The number of esters is 1. The van der Waals surface area contributed by atoms with E-state index in [1.54, 1.807) is 13.0 Å². The largest absolute Gasteiger partial charge is 0.462 e. The van der Waals surface area contributed by atoms with Crippen LogP contribution >= 0.6 is 11.3 Å². The molecule has 0 aliphatic carbocycles. The first-order chi connectivity index (χ1) is 13.1. The van der Waals surface area contributed by atoms with Crippen LogP contribution in [0, 0.1) is 6.92 Å². The van der Waals surface area contributed by atoms with Crippen molar-refractivity contribution in [1.29, 1.82) is 0 Å². The Balaban J connectivity index is 2.09. The fourth-order valence-electron chi connectivity index (χ4n) is 4.03. The Morgan fingerprint density at radius 2 is 1.89 bits per heavy atom. The smallest absolute Gasteiger partial charge is 0.341 e. The third-order valence-corrected chi connectivity index (χ3v) is 6.41. The maximum absolute atomic E-state index is 12.9. The van der Waals surface area contributed by atoms with Crippen LogP contribution in [0.5, 0.6) is 0 Å². The van der Waals surface area contributed by atoms with Crippen molar-refractivity contribution in [3.63, 3.8) is 0 Å². The van der Waals surface area contributed by atoms with Crippen LogP contribution in [0.1, 0.15) is 71.3 Å². The van der Waals surface area contributed by atoms with Gasteiger partial charge < -0.3 is 15.4 Å². The Bertz CT molecular complexity index is 928. The standard InChI is InChI=1S/C22H28N2O3S/c1-7-27-20(26)16-15-12-21(3,4)24-22(5,6)17(15)28-19(16)23-18(25)14-11-9-8-10-13(14)2/h8-11,24H,7,12H2,1-6H3,(H,23,25). The summed E-state index contributed by atoms with van der Waals surface area (Å²) >= 11 is 1.46. The first-order valence-corrected chi connectivity index (χ1v) is 10.4. The Labute approximate surface area is 170 Å². The topological polar surface area (TPSA) is 67.4 Å². The van der Waals surface area contributed by atoms with Gasteiger partial charge in [0.15, 0.2) is 0 Å². The predicted octanol–water partition coefficient (Wildman–Crippen LogP) is 4.64. The monoisotopic (exact) mass is 400 g/mol. The van der Waals surface area contributed by atoms with E-state index in [1.165, 1.54) is 11.3 Å². The van der Waals surface area contributed by atoms with Crippen molar-refractivity contribution in [2.45, 2.75) is 59.0 Å². The number of hydrogen-bond donors (Lipinski definition) is 2. The van der Waals surface area contributed by atoms with Crippen LogP contribution in [-0.2, 0) is 16.7 Å². The van der Waals surface area contributed by atoms with Gasteiger partial charge in [-0.25, -0.2) is 4.79 Å². The minimum atomic E-state index is -0.381. The summed E-state index contributed by atoms with van der Waals surface area (Å²) in [5, 5.41) is 7.18. The van der Waals surface area contributed by atoms with Gasteiger partial charge in [0.1, 0.15) is 5.00 Å². The summed E-state index contributed by atoms with van der Waals surface area (Å²) in [5.41, 5.74) is 2.47. The Kier molecular flexibility index (Phi) is 5.38. The lowest BCUT2D eigenvalue weighted by Crippen LogP contribution is -2.55. The highest BCUT2D eigenvalue weighted by atomic mass is 32.1. The average molecular weight is 401 g/mol. The van der Waals surface area contributed by atoms with Gasteiger partial charge in [0.2, 0.25) is 0 Å². The lowest BCUT2D eigenvalue weighted by Gasteiger charge is -2.42. The zero-order valence-electron chi connectivity index (χ0n) is 17.4. The zero-order chi connectivity index (χ0) is 20.7. The van der Waals surface area contributed by atoms with Crippen LogP contribution in [0.2, 0.25) is 0 Å². The number of hydrogen-bond acceptors (Lipinski definition) is 5.